The van der Waals surface area contributed by atoms with Crippen LogP contribution in [0.15, 0.2) is 35.3 Å². The molecule has 0 atom stereocenters. The number of ether oxygens (including phenoxy) is 2. The van der Waals surface area contributed by atoms with Gasteiger partial charge in [-0.3, -0.25) is 23.9 Å². The Morgan fingerprint density at radius 3 is 2.74 bits per heavy atom. The number of fused-ring (bicyclic) bond motifs is 5. The number of amides is 2. The number of carbonyl (C=O) groups is 2. The number of halogens is 1. The van der Waals surface area contributed by atoms with Crippen LogP contribution >= 0.6 is 0 Å². The number of aryl methyl sites for hydroxylation is 1. The SMILES string of the molecule is NC(=O)Cn1c(=O)ccc2ncc(F)c(CCC34CCC(NCc5ccc6c(n5)NC(=O)CO6)(CC3)CO4)c21. The van der Waals surface area contributed by atoms with E-state index in [2.05, 4.69) is 20.6 Å². The second kappa shape index (κ2) is 9.69. The zero-order valence-corrected chi connectivity index (χ0v) is 21.3. The highest BCUT2D eigenvalue weighted by Gasteiger charge is 2.49. The van der Waals surface area contributed by atoms with Gasteiger partial charge in [0.15, 0.2) is 18.2 Å². The van der Waals surface area contributed by atoms with Crippen LogP contribution in [-0.2, 0) is 33.8 Å². The molecular formula is C27H29FN6O5. The van der Waals surface area contributed by atoms with Gasteiger partial charge < -0.3 is 25.8 Å². The maximum Gasteiger partial charge on any atom is 0.263 e. The molecule has 7 rings (SSSR count). The number of hydrogen-bond acceptors (Lipinski definition) is 8. The number of carbonyl (C=O) groups excluding carboxylic acids is 2. The van der Waals surface area contributed by atoms with E-state index in [0.717, 1.165) is 37.6 Å². The Bertz CT molecular complexity index is 1510. The third-order valence-corrected chi connectivity index (χ3v) is 8.15. The van der Waals surface area contributed by atoms with Gasteiger partial charge in [0.05, 0.1) is 35.1 Å². The molecule has 2 saturated heterocycles. The van der Waals surface area contributed by atoms with Gasteiger partial charge >= 0.3 is 0 Å². The lowest BCUT2D eigenvalue weighted by Crippen LogP contribution is -2.61. The van der Waals surface area contributed by atoms with Crippen molar-refractivity contribution < 1.29 is 23.5 Å². The zero-order valence-electron chi connectivity index (χ0n) is 21.3. The summed E-state index contributed by atoms with van der Waals surface area (Å²) in [6.07, 6.45) is 5.46. The standard InChI is InChI=1S/C27H29FN6O5/c28-18-12-30-19-2-4-23(37)34(13-21(29)35)24(19)17(18)5-6-27-9-7-26(8-10-27,15-39-27)31-11-16-1-3-20-25(32-16)33-22(36)14-38-20/h1-4,12,31H,5-11,13-15H2,(H2,29,35)(H,32,33,36). The third kappa shape index (κ3) is 4.85. The molecule has 4 aliphatic rings. The van der Waals surface area contributed by atoms with Crippen LogP contribution in [0.2, 0.25) is 0 Å². The number of primary amides is 1. The van der Waals surface area contributed by atoms with Crippen molar-refractivity contribution in [3.05, 3.63) is 57.9 Å². The quantitative estimate of drug-likeness (QED) is 0.392. The van der Waals surface area contributed by atoms with Crippen LogP contribution in [0.4, 0.5) is 10.2 Å². The van der Waals surface area contributed by atoms with Crippen molar-refractivity contribution in [1.29, 1.82) is 0 Å². The van der Waals surface area contributed by atoms with E-state index in [1.807, 2.05) is 12.1 Å². The Morgan fingerprint density at radius 1 is 1.18 bits per heavy atom. The molecule has 0 unspecified atom stereocenters. The summed E-state index contributed by atoms with van der Waals surface area (Å²) in [5.74, 6) is -0.440. The molecule has 3 aromatic rings. The van der Waals surface area contributed by atoms with Crippen molar-refractivity contribution >= 4 is 28.7 Å². The van der Waals surface area contributed by atoms with Gasteiger partial charge in [-0.25, -0.2) is 9.37 Å². The third-order valence-electron chi connectivity index (χ3n) is 8.15. The van der Waals surface area contributed by atoms with Crippen LogP contribution in [0.3, 0.4) is 0 Å². The van der Waals surface area contributed by atoms with E-state index < -0.39 is 17.3 Å². The predicted octanol–water partition coefficient (Wildman–Crippen LogP) is 1.55. The van der Waals surface area contributed by atoms with Crippen molar-refractivity contribution in [3.8, 4) is 5.75 Å². The number of rotatable bonds is 8. The van der Waals surface area contributed by atoms with Gasteiger partial charge in [0.25, 0.3) is 11.5 Å². The summed E-state index contributed by atoms with van der Waals surface area (Å²) in [7, 11) is 0. The van der Waals surface area contributed by atoms with Gasteiger partial charge in [-0.1, -0.05) is 0 Å². The second-order valence-electron chi connectivity index (χ2n) is 10.6. The predicted molar refractivity (Wildman–Crippen MR) is 139 cm³/mol. The van der Waals surface area contributed by atoms with E-state index in [0.29, 0.717) is 54.2 Å². The van der Waals surface area contributed by atoms with Crippen molar-refractivity contribution in [2.24, 2.45) is 5.73 Å². The molecule has 3 aromatic heterocycles. The summed E-state index contributed by atoms with van der Waals surface area (Å²) in [6.45, 7) is 0.684. The molecule has 4 N–H and O–H groups in total. The fourth-order valence-electron chi connectivity index (χ4n) is 5.90. The summed E-state index contributed by atoms with van der Waals surface area (Å²) in [6, 6.07) is 6.53. The van der Waals surface area contributed by atoms with E-state index in [9.17, 15) is 14.4 Å². The maximum absolute atomic E-state index is 15.0. The highest BCUT2D eigenvalue weighted by atomic mass is 19.1. The molecule has 39 heavy (non-hydrogen) atoms. The van der Waals surface area contributed by atoms with Crippen LogP contribution in [-0.4, -0.2) is 50.7 Å². The largest absolute Gasteiger partial charge is 0.480 e. The van der Waals surface area contributed by atoms with Crippen LogP contribution in [0.5, 0.6) is 5.75 Å². The molecule has 2 bridgehead atoms. The van der Waals surface area contributed by atoms with Crippen LogP contribution in [0.1, 0.15) is 43.4 Å². The van der Waals surface area contributed by atoms with Gasteiger partial charge in [0.1, 0.15) is 12.4 Å². The maximum atomic E-state index is 15.0. The number of aromatic nitrogens is 3. The molecule has 3 fully saturated rings. The van der Waals surface area contributed by atoms with Gasteiger partial charge in [-0.2, -0.15) is 0 Å². The molecule has 1 saturated carbocycles. The molecule has 0 radical (unpaired) electrons. The summed E-state index contributed by atoms with van der Waals surface area (Å²) in [4.78, 5) is 44.3. The molecule has 3 aliphatic heterocycles. The first kappa shape index (κ1) is 25.4. The molecule has 1 aliphatic carbocycles. The van der Waals surface area contributed by atoms with E-state index in [1.54, 1.807) is 0 Å². The van der Waals surface area contributed by atoms with E-state index in [-0.39, 0.29) is 30.2 Å². The molecule has 204 valence electrons. The average Bonchev–Trinajstić information content (AvgIpc) is 2.93. The Balaban J connectivity index is 1.14. The Kier molecular flexibility index (Phi) is 6.31. The van der Waals surface area contributed by atoms with Crippen LogP contribution in [0.25, 0.3) is 11.0 Å². The molecule has 6 heterocycles. The van der Waals surface area contributed by atoms with Gasteiger partial charge in [0.2, 0.25) is 5.91 Å². The molecule has 12 heteroatoms. The van der Waals surface area contributed by atoms with Crippen LogP contribution < -0.4 is 26.7 Å². The Labute approximate surface area is 222 Å². The fourth-order valence-corrected chi connectivity index (χ4v) is 5.90. The number of nitrogens with zero attached hydrogens (tertiary/aromatic N) is 3. The topological polar surface area (TPSA) is 150 Å². The van der Waals surface area contributed by atoms with Crippen molar-refractivity contribution in [1.82, 2.24) is 19.9 Å². The van der Waals surface area contributed by atoms with Crippen molar-refractivity contribution in [2.75, 3.05) is 18.5 Å². The lowest BCUT2D eigenvalue weighted by Gasteiger charge is -2.53. The highest BCUT2D eigenvalue weighted by molar-refractivity contribution is 5.94. The molecule has 2 amide bonds. The minimum absolute atomic E-state index is 0.00838. The molecular weight excluding hydrogens is 507 g/mol. The fraction of sp³-hybridized carbons (Fsp3) is 0.444. The first-order valence-corrected chi connectivity index (χ1v) is 13.0. The Morgan fingerprint density at radius 2 is 2.00 bits per heavy atom. The zero-order chi connectivity index (χ0) is 27.2. The summed E-state index contributed by atoms with van der Waals surface area (Å²) < 4.78 is 28.0. The molecule has 0 aromatic carbocycles. The van der Waals surface area contributed by atoms with Gasteiger partial charge in [0, 0.05) is 23.7 Å². The average molecular weight is 537 g/mol. The van der Waals surface area contributed by atoms with Crippen LogP contribution in [0, 0.1) is 5.82 Å². The van der Waals surface area contributed by atoms with Gasteiger partial charge in [-0.15, -0.1) is 0 Å². The number of pyridine rings is 3. The summed E-state index contributed by atoms with van der Waals surface area (Å²) in [5, 5.41) is 6.36. The lowest BCUT2D eigenvalue weighted by molar-refractivity contribution is -0.165. The molecule has 0 spiro atoms. The highest BCUT2D eigenvalue weighted by Crippen LogP contribution is 2.46. The first-order chi connectivity index (χ1) is 18.7. The number of hydrogen-bond donors (Lipinski definition) is 3. The van der Waals surface area contributed by atoms with E-state index in [4.69, 9.17) is 15.2 Å². The number of anilines is 1. The molecule has 11 nitrogen and oxygen atoms in total. The number of nitrogens with two attached hydrogens (primary N) is 1. The minimum atomic E-state index is -0.686. The lowest BCUT2D eigenvalue weighted by atomic mass is 9.69. The minimum Gasteiger partial charge on any atom is -0.480 e. The van der Waals surface area contributed by atoms with E-state index in [1.165, 1.54) is 16.7 Å². The van der Waals surface area contributed by atoms with Crippen molar-refractivity contribution in [2.45, 2.75) is 62.8 Å². The normalized spacial score (nSPS) is 23.8. The second-order valence-corrected chi connectivity index (χ2v) is 10.6. The summed E-state index contributed by atoms with van der Waals surface area (Å²) >= 11 is 0. The smallest absolute Gasteiger partial charge is 0.263 e. The Hall–Kier alpha value is -3.90. The van der Waals surface area contributed by atoms with E-state index >= 15 is 4.39 Å². The number of nitrogens with one attached hydrogen (secondary N) is 2. The van der Waals surface area contributed by atoms with Gasteiger partial charge in [-0.05, 0) is 56.7 Å². The monoisotopic (exact) mass is 536 g/mol. The van der Waals surface area contributed by atoms with Crippen molar-refractivity contribution in [3.63, 3.8) is 0 Å². The summed E-state index contributed by atoms with van der Waals surface area (Å²) in [5.41, 5.74) is 6.22. The first-order valence-electron chi connectivity index (χ1n) is 13.0.